The van der Waals surface area contributed by atoms with Crippen molar-refractivity contribution in [3.8, 4) is 0 Å². The van der Waals surface area contributed by atoms with Crippen molar-refractivity contribution < 1.29 is 4.79 Å². The maximum atomic E-state index is 12.3. The molecule has 0 atom stereocenters. The number of nitrogens with zero attached hydrogens (tertiary/aromatic N) is 2. The SMILES string of the molecule is Cc1c(C(C)(C)C)s/c(=N\C(=O)Cc2cccs2)n1CC1CC1. The highest BCUT2D eigenvalue weighted by molar-refractivity contribution is 7.10. The Kier molecular flexibility index (Phi) is 4.61. The molecule has 124 valence electrons. The number of carbonyl (C=O) groups excluding carboxylic acids is 1. The number of hydrogen-bond donors (Lipinski definition) is 0. The third-order valence-electron chi connectivity index (χ3n) is 4.10. The van der Waals surface area contributed by atoms with Gasteiger partial charge in [0.2, 0.25) is 0 Å². The van der Waals surface area contributed by atoms with E-state index in [4.69, 9.17) is 0 Å². The zero-order valence-electron chi connectivity index (χ0n) is 14.3. The second kappa shape index (κ2) is 6.36. The highest BCUT2D eigenvalue weighted by Gasteiger charge is 2.27. The molecule has 5 heteroatoms. The number of thiophene rings is 1. The van der Waals surface area contributed by atoms with Crippen LogP contribution in [0.3, 0.4) is 0 Å². The van der Waals surface area contributed by atoms with Gasteiger partial charge in [0.05, 0.1) is 6.42 Å². The Hall–Kier alpha value is -1.20. The highest BCUT2D eigenvalue weighted by Crippen LogP contribution is 2.33. The van der Waals surface area contributed by atoms with E-state index in [0.29, 0.717) is 6.42 Å². The fraction of sp³-hybridized carbons (Fsp3) is 0.556. The van der Waals surface area contributed by atoms with Gasteiger partial charge in [-0.3, -0.25) is 4.79 Å². The minimum atomic E-state index is -0.0429. The average Bonchev–Trinajstić information content (AvgIpc) is 3.03. The molecule has 1 fully saturated rings. The molecule has 0 bridgehead atoms. The second-order valence-corrected chi connectivity index (χ2v) is 9.37. The molecule has 0 aliphatic heterocycles. The van der Waals surface area contributed by atoms with Crippen LogP contribution >= 0.6 is 22.7 Å². The fourth-order valence-corrected chi connectivity index (χ4v) is 4.66. The topological polar surface area (TPSA) is 34.4 Å². The normalized spacial score (nSPS) is 16.1. The van der Waals surface area contributed by atoms with Crippen LogP contribution in [0.2, 0.25) is 0 Å². The summed E-state index contributed by atoms with van der Waals surface area (Å²) >= 11 is 3.30. The minimum Gasteiger partial charge on any atom is -0.320 e. The third kappa shape index (κ3) is 4.01. The van der Waals surface area contributed by atoms with Crippen LogP contribution in [0.1, 0.15) is 49.1 Å². The summed E-state index contributed by atoms with van der Waals surface area (Å²) in [6.45, 7) is 9.85. The molecular formula is C18H24N2OS2. The zero-order chi connectivity index (χ0) is 16.6. The lowest BCUT2D eigenvalue weighted by atomic mass is 9.93. The van der Waals surface area contributed by atoms with Gasteiger partial charge < -0.3 is 4.57 Å². The van der Waals surface area contributed by atoms with Crippen LogP contribution in [0, 0.1) is 12.8 Å². The van der Waals surface area contributed by atoms with Crippen LogP contribution in [0.5, 0.6) is 0 Å². The van der Waals surface area contributed by atoms with Gasteiger partial charge in [-0.05, 0) is 42.5 Å². The van der Waals surface area contributed by atoms with E-state index >= 15 is 0 Å². The molecule has 2 heterocycles. The number of hydrogen-bond acceptors (Lipinski definition) is 3. The summed E-state index contributed by atoms with van der Waals surface area (Å²) in [6, 6.07) is 3.98. The number of thiazole rings is 1. The van der Waals surface area contributed by atoms with Gasteiger partial charge in [0.15, 0.2) is 4.80 Å². The Labute approximate surface area is 145 Å². The van der Waals surface area contributed by atoms with E-state index in [1.165, 1.54) is 23.4 Å². The molecule has 1 aliphatic carbocycles. The summed E-state index contributed by atoms with van der Waals surface area (Å²) in [7, 11) is 0. The van der Waals surface area contributed by atoms with Crippen molar-refractivity contribution in [3.63, 3.8) is 0 Å². The average molecular weight is 349 g/mol. The first-order chi connectivity index (χ1) is 10.8. The molecule has 0 aromatic carbocycles. The summed E-state index contributed by atoms with van der Waals surface area (Å²) in [5.41, 5.74) is 1.36. The van der Waals surface area contributed by atoms with Crippen LogP contribution in [0.15, 0.2) is 22.5 Å². The number of amides is 1. The standard InChI is InChI=1S/C18H24N2OS2/c1-12-16(18(2,3)4)23-17(20(12)11-13-7-8-13)19-15(21)10-14-6-5-9-22-14/h5-6,9,13H,7-8,10-11H2,1-4H3/b19-17-. The van der Waals surface area contributed by atoms with E-state index in [2.05, 4.69) is 37.3 Å². The summed E-state index contributed by atoms with van der Waals surface area (Å²) in [5.74, 6) is 0.723. The Bertz CT molecular complexity index is 756. The van der Waals surface area contributed by atoms with Crippen molar-refractivity contribution in [1.29, 1.82) is 0 Å². The quantitative estimate of drug-likeness (QED) is 0.811. The molecule has 2 aromatic rings. The van der Waals surface area contributed by atoms with Crippen LogP contribution in [0.25, 0.3) is 0 Å². The number of aromatic nitrogens is 1. The molecule has 23 heavy (non-hydrogen) atoms. The van der Waals surface area contributed by atoms with Gasteiger partial charge >= 0.3 is 0 Å². The first-order valence-electron chi connectivity index (χ1n) is 8.15. The van der Waals surface area contributed by atoms with Crippen molar-refractivity contribution in [1.82, 2.24) is 4.57 Å². The minimum absolute atomic E-state index is 0.0429. The van der Waals surface area contributed by atoms with E-state index in [-0.39, 0.29) is 11.3 Å². The summed E-state index contributed by atoms with van der Waals surface area (Å²) in [5, 5.41) is 2.00. The van der Waals surface area contributed by atoms with Crippen molar-refractivity contribution in [2.24, 2.45) is 10.9 Å². The summed E-state index contributed by atoms with van der Waals surface area (Å²) < 4.78 is 2.27. The molecular weight excluding hydrogens is 324 g/mol. The van der Waals surface area contributed by atoms with Gasteiger partial charge in [-0.2, -0.15) is 4.99 Å². The Morgan fingerprint density at radius 3 is 2.70 bits per heavy atom. The third-order valence-corrected chi connectivity index (χ3v) is 6.59. The van der Waals surface area contributed by atoms with E-state index < -0.39 is 0 Å². The molecule has 0 N–H and O–H groups in total. The molecule has 0 saturated heterocycles. The molecule has 0 spiro atoms. The monoisotopic (exact) mass is 348 g/mol. The van der Waals surface area contributed by atoms with E-state index in [0.717, 1.165) is 22.1 Å². The fourth-order valence-electron chi connectivity index (χ4n) is 2.75. The van der Waals surface area contributed by atoms with Crippen LogP contribution in [-0.2, 0) is 23.2 Å². The largest absolute Gasteiger partial charge is 0.320 e. The van der Waals surface area contributed by atoms with E-state index in [9.17, 15) is 4.79 Å². The van der Waals surface area contributed by atoms with Gasteiger partial charge in [-0.1, -0.05) is 26.8 Å². The molecule has 1 saturated carbocycles. The van der Waals surface area contributed by atoms with Crippen molar-refractivity contribution in [3.05, 3.63) is 37.8 Å². The number of carbonyl (C=O) groups is 1. The van der Waals surface area contributed by atoms with E-state index in [1.54, 1.807) is 22.7 Å². The maximum Gasteiger partial charge on any atom is 0.253 e. The molecule has 1 amide bonds. The van der Waals surface area contributed by atoms with Gasteiger partial charge in [-0.15, -0.1) is 22.7 Å². The summed E-state index contributed by atoms with van der Waals surface area (Å²) in [6.07, 6.45) is 3.01. The lowest BCUT2D eigenvalue weighted by molar-refractivity contribution is -0.117. The molecule has 2 aromatic heterocycles. The smallest absolute Gasteiger partial charge is 0.253 e. The van der Waals surface area contributed by atoms with Crippen molar-refractivity contribution in [2.75, 3.05) is 0 Å². The molecule has 0 unspecified atom stereocenters. The van der Waals surface area contributed by atoms with E-state index in [1.807, 2.05) is 17.5 Å². The lowest BCUT2D eigenvalue weighted by Crippen LogP contribution is -2.20. The molecule has 3 nitrogen and oxygen atoms in total. The van der Waals surface area contributed by atoms with Crippen molar-refractivity contribution >= 4 is 28.6 Å². The van der Waals surface area contributed by atoms with Crippen LogP contribution in [-0.4, -0.2) is 10.5 Å². The highest BCUT2D eigenvalue weighted by atomic mass is 32.1. The first kappa shape index (κ1) is 16.7. The first-order valence-corrected chi connectivity index (χ1v) is 9.85. The van der Waals surface area contributed by atoms with Crippen molar-refractivity contribution in [2.45, 2.75) is 58.9 Å². The van der Waals surface area contributed by atoms with Gasteiger partial charge in [-0.25, -0.2) is 0 Å². The van der Waals surface area contributed by atoms with Gasteiger partial charge in [0.1, 0.15) is 0 Å². The Morgan fingerprint density at radius 2 is 2.13 bits per heavy atom. The molecule has 0 radical (unpaired) electrons. The Morgan fingerprint density at radius 1 is 1.39 bits per heavy atom. The van der Waals surface area contributed by atoms with Gasteiger partial charge in [0, 0.05) is 22.0 Å². The predicted molar refractivity (Wildman–Crippen MR) is 97.1 cm³/mol. The lowest BCUT2D eigenvalue weighted by Gasteiger charge is -2.17. The van der Waals surface area contributed by atoms with Crippen LogP contribution < -0.4 is 4.80 Å². The zero-order valence-corrected chi connectivity index (χ0v) is 15.9. The second-order valence-electron chi connectivity index (χ2n) is 7.36. The predicted octanol–water partition coefficient (Wildman–Crippen LogP) is 4.30. The maximum absolute atomic E-state index is 12.3. The summed E-state index contributed by atoms with van der Waals surface area (Å²) in [4.78, 5) is 20.1. The molecule has 3 rings (SSSR count). The van der Waals surface area contributed by atoms with Gasteiger partial charge in [0.25, 0.3) is 5.91 Å². The molecule has 1 aliphatic rings. The Balaban J connectivity index is 1.95. The number of rotatable bonds is 4. The van der Waals surface area contributed by atoms with Crippen LogP contribution in [0.4, 0.5) is 0 Å².